The van der Waals surface area contributed by atoms with E-state index in [9.17, 15) is 5.11 Å². The molecule has 2 rings (SSSR count). The summed E-state index contributed by atoms with van der Waals surface area (Å²) in [4.78, 5) is 3.87. The van der Waals surface area contributed by atoms with Gasteiger partial charge in [-0.05, 0) is 45.0 Å². The van der Waals surface area contributed by atoms with Crippen molar-refractivity contribution in [1.82, 2.24) is 14.8 Å². The predicted molar refractivity (Wildman–Crippen MR) is 76.8 cm³/mol. The molecule has 0 aliphatic heterocycles. The Bertz CT molecular complexity index is 550. The van der Waals surface area contributed by atoms with Crippen molar-refractivity contribution in [2.45, 2.75) is 38.5 Å². The van der Waals surface area contributed by atoms with E-state index in [0.29, 0.717) is 10.8 Å². The molecule has 6 heteroatoms. The summed E-state index contributed by atoms with van der Waals surface area (Å²) in [6.07, 6.45) is 3.00. The molecular weight excluding hydrogens is 278 g/mol. The monoisotopic (exact) mass is 295 g/mol. The van der Waals surface area contributed by atoms with Crippen molar-refractivity contribution >= 4 is 11.6 Å². The predicted octanol–water partition coefficient (Wildman–Crippen LogP) is 2.54. The van der Waals surface area contributed by atoms with Crippen LogP contribution in [0.5, 0.6) is 5.75 Å². The fourth-order valence-electron chi connectivity index (χ4n) is 1.73. The van der Waals surface area contributed by atoms with Gasteiger partial charge < -0.3 is 9.84 Å². The van der Waals surface area contributed by atoms with E-state index in [2.05, 4.69) is 10.1 Å². The third-order valence-corrected chi connectivity index (χ3v) is 3.67. The zero-order valence-electron chi connectivity index (χ0n) is 11.7. The number of aliphatic hydroxyl groups is 1. The zero-order chi connectivity index (χ0) is 14.8. The molecule has 1 aromatic heterocycles. The molecule has 5 nitrogen and oxygen atoms in total. The normalized spacial score (nSPS) is 14.8. The maximum absolute atomic E-state index is 10.7. The molecule has 1 heterocycles. The van der Waals surface area contributed by atoms with Gasteiger partial charge in [0.1, 0.15) is 29.6 Å². The minimum atomic E-state index is -1.12. The second kappa shape index (κ2) is 5.42. The summed E-state index contributed by atoms with van der Waals surface area (Å²) in [5, 5.41) is 15.3. The number of halogens is 1. The summed E-state index contributed by atoms with van der Waals surface area (Å²) < 4.78 is 7.48. The van der Waals surface area contributed by atoms with Gasteiger partial charge in [-0.25, -0.2) is 9.67 Å². The summed E-state index contributed by atoms with van der Waals surface area (Å²) in [5.74, 6) is 0.651. The Morgan fingerprint density at radius 3 is 2.45 bits per heavy atom. The third-order valence-electron chi connectivity index (χ3n) is 3.42. The number of hydrogen-bond acceptors (Lipinski definition) is 4. The zero-order valence-corrected chi connectivity index (χ0v) is 12.5. The highest BCUT2D eigenvalue weighted by Crippen LogP contribution is 2.30. The fourth-order valence-corrected chi connectivity index (χ4v) is 1.85. The van der Waals surface area contributed by atoms with Gasteiger partial charge >= 0.3 is 0 Å². The Morgan fingerprint density at radius 1 is 1.25 bits per heavy atom. The van der Waals surface area contributed by atoms with Crippen molar-refractivity contribution in [2.24, 2.45) is 0 Å². The van der Waals surface area contributed by atoms with Crippen LogP contribution >= 0.6 is 11.6 Å². The summed E-state index contributed by atoms with van der Waals surface area (Å²) in [6.45, 7) is 5.66. The molecule has 20 heavy (non-hydrogen) atoms. The third kappa shape index (κ3) is 3.29. The lowest BCUT2D eigenvalue weighted by molar-refractivity contribution is -0.114. The Kier molecular flexibility index (Phi) is 4.01. The topological polar surface area (TPSA) is 60.2 Å². The van der Waals surface area contributed by atoms with Crippen molar-refractivity contribution in [3.8, 4) is 5.75 Å². The van der Waals surface area contributed by atoms with Gasteiger partial charge in [-0.1, -0.05) is 11.6 Å². The van der Waals surface area contributed by atoms with E-state index in [0.717, 1.165) is 0 Å². The van der Waals surface area contributed by atoms with Crippen LogP contribution in [-0.4, -0.2) is 31.1 Å². The Morgan fingerprint density at radius 2 is 1.90 bits per heavy atom. The molecule has 1 atom stereocenters. The number of rotatable bonds is 5. The SMILES string of the molecule is CC(O)(Cn1cncn1)C(C)(C)Oc1ccc(Cl)cc1. The van der Waals surface area contributed by atoms with E-state index < -0.39 is 11.2 Å². The minimum absolute atomic E-state index is 0.285. The molecule has 0 bridgehead atoms. The highest BCUT2D eigenvalue weighted by molar-refractivity contribution is 6.30. The first-order valence-corrected chi connectivity index (χ1v) is 6.67. The molecule has 0 radical (unpaired) electrons. The van der Waals surface area contributed by atoms with E-state index in [1.54, 1.807) is 42.2 Å². The van der Waals surface area contributed by atoms with E-state index in [-0.39, 0.29) is 6.54 Å². The fraction of sp³-hybridized carbons (Fsp3) is 0.429. The molecule has 0 amide bonds. The Balaban J connectivity index is 2.13. The van der Waals surface area contributed by atoms with Gasteiger partial charge in [-0.3, -0.25) is 0 Å². The lowest BCUT2D eigenvalue weighted by Crippen LogP contribution is -2.54. The summed E-state index contributed by atoms with van der Waals surface area (Å²) >= 11 is 5.84. The summed E-state index contributed by atoms with van der Waals surface area (Å²) in [5.41, 5.74) is -1.94. The van der Waals surface area contributed by atoms with Gasteiger partial charge in [0.25, 0.3) is 0 Å². The van der Waals surface area contributed by atoms with Crippen molar-refractivity contribution in [3.63, 3.8) is 0 Å². The molecule has 0 saturated heterocycles. The van der Waals surface area contributed by atoms with Crippen molar-refractivity contribution in [3.05, 3.63) is 41.9 Å². The lowest BCUT2D eigenvalue weighted by Gasteiger charge is -2.39. The number of ether oxygens (including phenoxy) is 1. The Labute approximate surface area is 123 Å². The van der Waals surface area contributed by atoms with Gasteiger partial charge in [-0.15, -0.1) is 0 Å². The molecule has 1 aromatic carbocycles. The molecule has 0 aliphatic rings. The summed E-state index contributed by atoms with van der Waals surface area (Å²) in [7, 11) is 0. The molecule has 2 aromatic rings. The average Bonchev–Trinajstić information content (AvgIpc) is 2.83. The van der Waals surface area contributed by atoms with Gasteiger partial charge in [0.15, 0.2) is 0 Å². The second-order valence-corrected chi connectivity index (χ2v) is 5.87. The second-order valence-electron chi connectivity index (χ2n) is 5.43. The molecular formula is C14H18ClN3O2. The van der Waals surface area contributed by atoms with Crippen LogP contribution < -0.4 is 4.74 Å². The molecule has 0 fully saturated rings. The van der Waals surface area contributed by atoms with Crippen molar-refractivity contribution in [2.75, 3.05) is 0 Å². The highest BCUT2D eigenvalue weighted by Gasteiger charge is 2.42. The number of aromatic nitrogens is 3. The van der Waals surface area contributed by atoms with Crippen LogP contribution in [0.3, 0.4) is 0 Å². The van der Waals surface area contributed by atoms with Gasteiger partial charge in [-0.2, -0.15) is 5.10 Å². The molecule has 1 unspecified atom stereocenters. The lowest BCUT2D eigenvalue weighted by atomic mass is 9.87. The van der Waals surface area contributed by atoms with Crippen LogP contribution in [-0.2, 0) is 6.54 Å². The number of nitrogens with zero attached hydrogens (tertiary/aromatic N) is 3. The van der Waals surface area contributed by atoms with Crippen molar-refractivity contribution in [1.29, 1.82) is 0 Å². The van der Waals surface area contributed by atoms with Gasteiger partial charge in [0, 0.05) is 5.02 Å². The summed E-state index contributed by atoms with van der Waals surface area (Å²) in [6, 6.07) is 7.05. The first kappa shape index (κ1) is 14.8. The van der Waals surface area contributed by atoms with Crippen molar-refractivity contribution < 1.29 is 9.84 Å². The number of hydrogen-bond donors (Lipinski definition) is 1. The Hall–Kier alpha value is -1.59. The maximum Gasteiger partial charge on any atom is 0.137 e. The first-order chi connectivity index (χ1) is 9.30. The molecule has 1 N–H and O–H groups in total. The average molecular weight is 296 g/mol. The van der Waals surface area contributed by atoms with Gasteiger partial charge in [0.2, 0.25) is 0 Å². The molecule has 108 valence electrons. The number of benzene rings is 1. The first-order valence-electron chi connectivity index (χ1n) is 6.29. The smallest absolute Gasteiger partial charge is 0.137 e. The molecule has 0 spiro atoms. The quantitative estimate of drug-likeness (QED) is 0.921. The van der Waals surface area contributed by atoms with Crippen LogP contribution in [0, 0.1) is 0 Å². The molecule has 0 saturated carbocycles. The molecule has 0 aliphatic carbocycles. The van der Waals surface area contributed by atoms with Crippen LogP contribution in [0.2, 0.25) is 5.02 Å². The standard InChI is InChI=1S/C14H18ClN3O2/c1-13(2,20-12-6-4-11(15)5-7-12)14(3,19)8-18-10-16-9-17-18/h4-7,9-10,19H,8H2,1-3H3. The minimum Gasteiger partial charge on any atom is -0.485 e. The van der Waals surface area contributed by atoms with Crippen LogP contribution in [0.1, 0.15) is 20.8 Å². The van der Waals surface area contributed by atoms with E-state index >= 15 is 0 Å². The van der Waals surface area contributed by atoms with E-state index in [1.165, 1.54) is 6.33 Å². The maximum atomic E-state index is 10.7. The van der Waals surface area contributed by atoms with Crippen LogP contribution in [0.4, 0.5) is 0 Å². The van der Waals surface area contributed by atoms with Crippen LogP contribution in [0.15, 0.2) is 36.9 Å². The van der Waals surface area contributed by atoms with E-state index in [4.69, 9.17) is 16.3 Å². The largest absolute Gasteiger partial charge is 0.485 e. The van der Waals surface area contributed by atoms with E-state index in [1.807, 2.05) is 13.8 Å². The van der Waals surface area contributed by atoms with Gasteiger partial charge in [0.05, 0.1) is 6.54 Å². The van der Waals surface area contributed by atoms with Crippen LogP contribution in [0.25, 0.3) is 0 Å². The highest BCUT2D eigenvalue weighted by atomic mass is 35.5.